The van der Waals surface area contributed by atoms with Crippen molar-refractivity contribution in [1.82, 2.24) is 15.5 Å². The van der Waals surface area contributed by atoms with Crippen LogP contribution in [-0.4, -0.2) is 10.2 Å². The third-order valence-electron chi connectivity index (χ3n) is 2.52. The number of nitrogens with zero attached hydrogens (tertiary/aromatic N) is 1. The maximum absolute atomic E-state index is 6.06. The summed E-state index contributed by atoms with van der Waals surface area (Å²) in [6, 6.07) is 7.86. The second-order valence-electron chi connectivity index (χ2n) is 3.72. The molecule has 16 heavy (non-hydrogen) atoms. The van der Waals surface area contributed by atoms with Crippen LogP contribution in [0.5, 0.6) is 0 Å². The third-order valence-corrected chi connectivity index (χ3v) is 2.89. The summed E-state index contributed by atoms with van der Waals surface area (Å²) in [5.74, 6) is 0. The molecule has 0 aliphatic heterocycles. The molecule has 84 valence electrons. The highest BCUT2D eigenvalue weighted by Gasteiger charge is 2.01. The molecule has 0 aliphatic rings. The Bertz CT molecular complexity index is 465. The lowest BCUT2D eigenvalue weighted by molar-refractivity contribution is 0.691. The van der Waals surface area contributed by atoms with Gasteiger partial charge in [0.2, 0.25) is 0 Å². The predicted octanol–water partition coefficient (Wildman–Crippen LogP) is 2.66. The second-order valence-corrected chi connectivity index (χ2v) is 4.12. The summed E-state index contributed by atoms with van der Waals surface area (Å²) in [6.45, 7) is 3.58. The van der Waals surface area contributed by atoms with Gasteiger partial charge in [0, 0.05) is 29.4 Å². The van der Waals surface area contributed by atoms with E-state index < -0.39 is 0 Å². The molecule has 0 aliphatic carbocycles. The lowest BCUT2D eigenvalue weighted by Crippen LogP contribution is -2.13. The number of aryl methyl sites for hydroxylation is 1. The van der Waals surface area contributed by atoms with Crippen LogP contribution in [0.15, 0.2) is 30.5 Å². The fraction of sp³-hybridized carbons (Fsp3) is 0.250. The van der Waals surface area contributed by atoms with Crippen molar-refractivity contribution < 1.29 is 0 Å². The van der Waals surface area contributed by atoms with Crippen LogP contribution in [-0.2, 0) is 13.1 Å². The minimum absolute atomic E-state index is 0.768. The Hall–Kier alpha value is -1.32. The van der Waals surface area contributed by atoms with E-state index in [0.717, 1.165) is 29.4 Å². The normalized spacial score (nSPS) is 10.6. The van der Waals surface area contributed by atoms with E-state index in [1.165, 1.54) is 5.56 Å². The van der Waals surface area contributed by atoms with Crippen LogP contribution < -0.4 is 5.32 Å². The van der Waals surface area contributed by atoms with Gasteiger partial charge in [0.15, 0.2) is 0 Å². The number of nitrogens with one attached hydrogen (secondary N) is 2. The molecule has 0 radical (unpaired) electrons. The molecule has 0 fully saturated rings. The van der Waals surface area contributed by atoms with Gasteiger partial charge in [-0.05, 0) is 18.6 Å². The number of H-pyrrole nitrogens is 1. The van der Waals surface area contributed by atoms with E-state index in [2.05, 4.69) is 15.5 Å². The first kappa shape index (κ1) is 11.2. The summed E-state index contributed by atoms with van der Waals surface area (Å²) in [7, 11) is 0. The van der Waals surface area contributed by atoms with Crippen molar-refractivity contribution in [3.63, 3.8) is 0 Å². The summed E-state index contributed by atoms with van der Waals surface area (Å²) in [5.41, 5.74) is 3.41. The Balaban J connectivity index is 1.89. The molecule has 2 N–H and O–H groups in total. The molecule has 0 saturated carbocycles. The number of benzene rings is 1. The van der Waals surface area contributed by atoms with Crippen LogP contribution in [0, 0.1) is 6.92 Å². The van der Waals surface area contributed by atoms with E-state index in [9.17, 15) is 0 Å². The number of halogens is 1. The fourth-order valence-corrected chi connectivity index (χ4v) is 1.73. The van der Waals surface area contributed by atoms with E-state index >= 15 is 0 Å². The summed E-state index contributed by atoms with van der Waals surface area (Å²) >= 11 is 6.06. The third kappa shape index (κ3) is 2.62. The molecule has 0 unspecified atom stereocenters. The first-order valence-electron chi connectivity index (χ1n) is 5.20. The van der Waals surface area contributed by atoms with E-state index in [4.69, 9.17) is 11.6 Å². The zero-order valence-corrected chi connectivity index (χ0v) is 9.88. The zero-order chi connectivity index (χ0) is 11.4. The van der Waals surface area contributed by atoms with Gasteiger partial charge >= 0.3 is 0 Å². The number of rotatable bonds is 4. The van der Waals surface area contributed by atoms with Crippen LogP contribution >= 0.6 is 11.6 Å². The topological polar surface area (TPSA) is 40.7 Å². The summed E-state index contributed by atoms with van der Waals surface area (Å²) in [4.78, 5) is 0. The van der Waals surface area contributed by atoms with Crippen LogP contribution in [0.2, 0.25) is 5.02 Å². The quantitative estimate of drug-likeness (QED) is 0.856. The summed E-state index contributed by atoms with van der Waals surface area (Å²) < 4.78 is 0. The standard InChI is InChI=1S/C12H14ClN3/c1-9-11(8-15-16-9)7-14-6-10-4-2-3-5-12(10)13/h2-5,8,14H,6-7H2,1H3,(H,15,16). The summed E-state index contributed by atoms with van der Waals surface area (Å²) in [6.07, 6.45) is 1.84. The number of hydrogen-bond acceptors (Lipinski definition) is 2. The largest absolute Gasteiger partial charge is 0.308 e. The first-order valence-corrected chi connectivity index (χ1v) is 5.58. The van der Waals surface area contributed by atoms with Gasteiger partial charge in [0.05, 0.1) is 6.20 Å². The Kier molecular flexibility index (Phi) is 3.59. The minimum atomic E-state index is 0.768. The van der Waals surface area contributed by atoms with Crippen LogP contribution in [0.4, 0.5) is 0 Å². The van der Waals surface area contributed by atoms with E-state index in [0.29, 0.717) is 0 Å². The smallest absolute Gasteiger partial charge is 0.0535 e. The van der Waals surface area contributed by atoms with Gasteiger partial charge in [-0.2, -0.15) is 5.10 Å². The maximum atomic E-state index is 6.06. The molecule has 0 atom stereocenters. The predicted molar refractivity (Wildman–Crippen MR) is 65.3 cm³/mol. The number of aromatic nitrogens is 2. The molecule has 1 heterocycles. The van der Waals surface area contributed by atoms with Crippen molar-refractivity contribution in [1.29, 1.82) is 0 Å². The lowest BCUT2D eigenvalue weighted by Gasteiger charge is -2.05. The molecule has 1 aromatic carbocycles. The Morgan fingerprint density at radius 2 is 2.00 bits per heavy atom. The van der Waals surface area contributed by atoms with Crippen molar-refractivity contribution >= 4 is 11.6 Å². The fourth-order valence-electron chi connectivity index (χ4n) is 1.53. The zero-order valence-electron chi connectivity index (χ0n) is 9.13. The SMILES string of the molecule is Cc1[nH]ncc1CNCc1ccccc1Cl. The van der Waals surface area contributed by atoms with Crippen LogP contribution in [0.3, 0.4) is 0 Å². The molecule has 2 aromatic rings. The lowest BCUT2D eigenvalue weighted by atomic mass is 10.2. The number of hydrogen-bond donors (Lipinski definition) is 2. The molecule has 0 amide bonds. The highest BCUT2D eigenvalue weighted by atomic mass is 35.5. The molecule has 1 aromatic heterocycles. The Morgan fingerprint density at radius 1 is 1.25 bits per heavy atom. The maximum Gasteiger partial charge on any atom is 0.0535 e. The monoisotopic (exact) mass is 235 g/mol. The van der Waals surface area contributed by atoms with Crippen LogP contribution in [0.25, 0.3) is 0 Å². The highest BCUT2D eigenvalue weighted by Crippen LogP contribution is 2.14. The highest BCUT2D eigenvalue weighted by molar-refractivity contribution is 6.31. The average molecular weight is 236 g/mol. The van der Waals surface area contributed by atoms with Crippen molar-refractivity contribution in [2.24, 2.45) is 0 Å². The van der Waals surface area contributed by atoms with Gasteiger partial charge < -0.3 is 5.32 Å². The Morgan fingerprint density at radius 3 is 2.69 bits per heavy atom. The van der Waals surface area contributed by atoms with Crippen molar-refractivity contribution in [3.8, 4) is 0 Å². The van der Waals surface area contributed by atoms with Crippen molar-refractivity contribution in [3.05, 3.63) is 52.3 Å². The van der Waals surface area contributed by atoms with Crippen LogP contribution in [0.1, 0.15) is 16.8 Å². The second kappa shape index (κ2) is 5.14. The summed E-state index contributed by atoms with van der Waals surface area (Å²) in [5, 5.41) is 11.0. The van der Waals surface area contributed by atoms with Gasteiger partial charge in [-0.15, -0.1) is 0 Å². The minimum Gasteiger partial charge on any atom is -0.308 e. The Labute approximate surface area is 99.8 Å². The molecule has 0 saturated heterocycles. The molecule has 4 heteroatoms. The van der Waals surface area contributed by atoms with E-state index in [1.807, 2.05) is 37.4 Å². The molecule has 0 spiro atoms. The van der Waals surface area contributed by atoms with Gasteiger partial charge in [0.1, 0.15) is 0 Å². The molecule has 3 nitrogen and oxygen atoms in total. The molecule has 0 bridgehead atoms. The molecule has 2 rings (SSSR count). The van der Waals surface area contributed by atoms with E-state index in [1.54, 1.807) is 0 Å². The first-order chi connectivity index (χ1) is 7.77. The van der Waals surface area contributed by atoms with Gasteiger partial charge in [-0.3, -0.25) is 5.10 Å². The average Bonchev–Trinajstić information content (AvgIpc) is 2.67. The van der Waals surface area contributed by atoms with Crippen molar-refractivity contribution in [2.45, 2.75) is 20.0 Å². The van der Waals surface area contributed by atoms with Gasteiger partial charge in [0.25, 0.3) is 0 Å². The number of aromatic amines is 1. The van der Waals surface area contributed by atoms with Crippen molar-refractivity contribution in [2.75, 3.05) is 0 Å². The molecular weight excluding hydrogens is 222 g/mol. The van der Waals surface area contributed by atoms with Gasteiger partial charge in [-0.25, -0.2) is 0 Å². The molecular formula is C12H14ClN3. The van der Waals surface area contributed by atoms with E-state index in [-0.39, 0.29) is 0 Å². The van der Waals surface area contributed by atoms with Gasteiger partial charge in [-0.1, -0.05) is 29.8 Å².